The first kappa shape index (κ1) is 25.9. The maximum Gasteiger partial charge on any atom is 0.252 e. The molecule has 1 aliphatic heterocycles. The van der Waals surface area contributed by atoms with E-state index in [9.17, 15) is 10.1 Å². The summed E-state index contributed by atoms with van der Waals surface area (Å²) in [6.07, 6.45) is 3.75. The molecule has 1 unspecified atom stereocenters. The predicted molar refractivity (Wildman–Crippen MR) is 149 cm³/mol. The number of anilines is 2. The number of piperidine rings is 1. The highest BCUT2D eigenvalue weighted by molar-refractivity contribution is 5.94. The van der Waals surface area contributed by atoms with E-state index in [1.165, 1.54) is 5.56 Å². The Morgan fingerprint density at radius 2 is 1.67 bits per heavy atom. The number of nitrogens with zero attached hydrogens (tertiary/aromatic N) is 4. The summed E-state index contributed by atoms with van der Waals surface area (Å²) in [5, 5.41) is 15.5. The Labute approximate surface area is 228 Å². The van der Waals surface area contributed by atoms with Gasteiger partial charge in [-0.05, 0) is 60.9 Å². The Morgan fingerprint density at radius 3 is 2.36 bits per heavy atom. The van der Waals surface area contributed by atoms with Crippen molar-refractivity contribution in [2.24, 2.45) is 0 Å². The lowest BCUT2D eigenvalue weighted by Gasteiger charge is -2.32. The number of carbonyl (C=O) groups is 1. The second-order valence-electron chi connectivity index (χ2n) is 9.44. The van der Waals surface area contributed by atoms with Crippen LogP contribution in [0.5, 0.6) is 5.75 Å². The Bertz CT molecular complexity index is 1400. The van der Waals surface area contributed by atoms with Crippen molar-refractivity contribution in [2.45, 2.75) is 31.5 Å². The van der Waals surface area contributed by atoms with E-state index in [0.29, 0.717) is 17.2 Å². The maximum absolute atomic E-state index is 12.5. The Morgan fingerprint density at radius 1 is 0.974 bits per heavy atom. The van der Waals surface area contributed by atoms with Crippen LogP contribution in [0, 0.1) is 11.3 Å². The molecule has 1 aromatic heterocycles. The zero-order valence-corrected chi connectivity index (χ0v) is 21.5. The molecule has 8 nitrogen and oxygen atoms in total. The van der Waals surface area contributed by atoms with Gasteiger partial charge >= 0.3 is 0 Å². The highest BCUT2D eigenvalue weighted by atomic mass is 16.5. The van der Waals surface area contributed by atoms with Crippen molar-refractivity contribution in [1.82, 2.24) is 20.2 Å². The number of amides is 1. The minimum Gasteiger partial charge on any atom is -0.490 e. The van der Waals surface area contributed by atoms with E-state index in [0.717, 1.165) is 43.9 Å². The topological polar surface area (TPSA) is 103 Å². The molecule has 196 valence electrons. The first-order chi connectivity index (χ1) is 19.2. The zero-order valence-electron chi connectivity index (χ0n) is 21.5. The lowest BCUT2D eigenvalue weighted by molar-refractivity contribution is 0.0944. The molecule has 0 spiro atoms. The van der Waals surface area contributed by atoms with Gasteiger partial charge < -0.3 is 15.4 Å². The average Bonchev–Trinajstić information content (AvgIpc) is 2.99. The molecule has 0 bridgehead atoms. The number of ether oxygens (including phenoxy) is 1. The number of benzene rings is 3. The molecule has 1 aliphatic rings. The van der Waals surface area contributed by atoms with Gasteiger partial charge in [-0.15, -0.1) is 0 Å². The molecule has 3 aromatic carbocycles. The van der Waals surface area contributed by atoms with E-state index in [-0.39, 0.29) is 12.0 Å². The fourth-order valence-electron chi connectivity index (χ4n) is 4.54. The standard InChI is InChI=1S/C31H30N6O2/c32-21-29(35-30(38)24-9-5-2-6-10-24)28-15-18-33-31(36-28)34-25-11-13-26(14-12-25)39-27-16-19-37(20-17-27)22-23-7-3-1-4-8-23/h1-15,18,27,29H,16-17,19-20,22H2,(H,35,38)(H,33,34,36). The normalized spacial score (nSPS) is 14.6. The maximum atomic E-state index is 12.5. The molecule has 2 heterocycles. The van der Waals surface area contributed by atoms with E-state index in [2.05, 4.69) is 55.8 Å². The third kappa shape index (κ3) is 7.18. The fourth-order valence-corrected chi connectivity index (χ4v) is 4.54. The number of rotatable bonds is 9. The summed E-state index contributed by atoms with van der Waals surface area (Å²) >= 11 is 0. The van der Waals surface area contributed by atoms with Gasteiger partial charge in [0.15, 0.2) is 6.04 Å². The smallest absolute Gasteiger partial charge is 0.252 e. The summed E-state index contributed by atoms with van der Waals surface area (Å²) in [6.45, 7) is 3.01. The summed E-state index contributed by atoms with van der Waals surface area (Å²) in [7, 11) is 0. The van der Waals surface area contributed by atoms with Gasteiger partial charge in [0.2, 0.25) is 5.95 Å². The second-order valence-corrected chi connectivity index (χ2v) is 9.44. The molecule has 8 heteroatoms. The quantitative estimate of drug-likeness (QED) is 0.312. The van der Waals surface area contributed by atoms with E-state index >= 15 is 0 Å². The first-order valence-corrected chi connectivity index (χ1v) is 13.0. The number of likely N-dealkylation sites (tertiary alicyclic amines) is 1. The Kier molecular flexibility index (Phi) is 8.41. The highest BCUT2D eigenvalue weighted by Gasteiger charge is 2.21. The summed E-state index contributed by atoms with van der Waals surface area (Å²) in [5.41, 5.74) is 3.01. The van der Waals surface area contributed by atoms with Crippen molar-refractivity contribution in [2.75, 3.05) is 18.4 Å². The van der Waals surface area contributed by atoms with Gasteiger partial charge in [-0.25, -0.2) is 9.97 Å². The van der Waals surface area contributed by atoms with Crippen LogP contribution >= 0.6 is 0 Å². The van der Waals surface area contributed by atoms with E-state index in [1.807, 2.05) is 36.4 Å². The van der Waals surface area contributed by atoms with Crippen molar-refractivity contribution in [1.29, 1.82) is 5.26 Å². The summed E-state index contributed by atoms with van der Waals surface area (Å²) < 4.78 is 6.24. The van der Waals surface area contributed by atoms with Crippen LogP contribution in [0.4, 0.5) is 11.6 Å². The van der Waals surface area contributed by atoms with Gasteiger partial charge in [0.25, 0.3) is 5.91 Å². The number of carbonyl (C=O) groups excluding carboxylic acids is 1. The fraction of sp³-hybridized carbons (Fsp3) is 0.226. The van der Waals surface area contributed by atoms with E-state index in [4.69, 9.17) is 4.74 Å². The van der Waals surface area contributed by atoms with Crippen LogP contribution in [0.1, 0.15) is 40.5 Å². The molecule has 0 radical (unpaired) electrons. The van der Waals surface area contributed by atoms with Gasteiger partial charge in [0.05, 0.1) is 11.8 Å². The zero-order chi connectivity index (χ0) is 26.9. The van der Waals surface area contributed by atoms with Crippen LogP contribution in [0.25, 0.3) is 0 Å². The van der Waals surface area contributed by atoms with Gasteiger partial charge in [-0.1, -0.05) is 48.5 Å². The third-order valence-electron chi connectivity index (χ3n) is 6.61. The minimum atomic E-state index is -0.906. The first-order valence-electron chi connectivity index (χ1n) is 13.0. The van der Waals surface area contributed by atoms with Crippen molar-refractivity contribution in [3.05, 3.63) is 114 Å². The molecule has 0 saturated carbocycles. The lowest BCUT2D eigenvalue weighted by Crippen LogP contribution is -2.37. The van der Waals surface area contributed by atoms with Crippen molar-refractivity contribution >= 4 is 17.5 Å². The van der Waals surface area contributed by atoms with Crippen LogP contribution in [0.15, 0.2) is 97.2 Å². The Hall–Kier alpha value is -4.74. The lowest BCUT2D eigenvalue weighted by atomic mass is 10.1. The van der Waals surface area contributed by atoms with Gasteiger partial charge in [-0.3, -0.25) is 9.69 Å². The number of hydrogen-bond donors (Lipinski definition) is 2. The molecular formula is C31H30N6O2. The number of hydrogen-bond acceptors (Lipinski definition) is 7. The number of aromatic nitrogens is 2. The number of nitrogens with one attached hydrogen (secondary N) is 2. The number of nitriles is 1. The van der Waals surface area contributed by atoms with Crippen LogP contribution in [0.3, 0.4) is 0 Å². The molecule has 4 aromatic rings. The summed E-state index contributed by atoms with van der Waals surface area (Å²) in [6, 6.07) is 29.8. The Balaban J connectivity index is 1.13. The largest absolute Gasteiger partial charge is 0.490 e. The summed E-state index contributed by atoms with van der Waals surface area (Å²) in [5.74, 6) is 0.818. The monoisotopic (exact) mass is 518 g/mol. The van der Waals surface area contributed by atoms with Crippen LogP contribution in [-0.4, -0.2) is 40.0 Å². The van der Waals surface area contributed by atoms with Crippen molar-refractivity contribution < 1.29 is 9.53 Å². The molecule has 1 amide bonds. The molecule has 1 atom stereocenters. The second kappa shape index (κ2) is 12.7. The van der Waals surface area contributed by atoms with Gasteiger partial charge in [0.1, 0.15) is 11.9 Å². The molecular weight excluding hydrogens is 488 g/mol. The molecule has 1 saturated heterocycles. The van der Waals surface area contributed by atoms with Crippen LogP contribution < -0.4 is 15.4 Å². The average molecular weight is 519 g/mol. The molecule has 39 heavy (non-hydrogen) atoms. The highest BCUT2D eigenvalue weighted by Crippen LogP contribution is 2.23. The molecule has 2 N–H and O–H groups in total. The summed E-state index contributed by atoms with van der Waals surface area (Å²) in [4.78, 5) is 23.7. The van der Waals surface area contributed by atoms with E-state index < -0.39 is 6.04 Å². The third-order valence-corrected chi connectivity index (χ3v) is 6.61. The minimum absolute atomic E-state index is 0.199. The van der Waals surface area contributed by atoms with Crippen LogP contribution in [-0.2, 0) is 6.54 Å². The molecule has 0 aliphatic carbocycles. The van der Waals surface area contributed by atoms with Gasteiger partial charge in [0, 0.05) is 37.1 Å². The van der Waals surface area contributed by atoms with Crippen molar-refractivity contribution in [3.8, 4) is 11.8 Å². The van der Waals surface area contributed by atoms with Gasteiger partial charge in [-0.2, -0.15) is 5.26 Å². The van der Waals surface area contributed by atoms with Crippen molar-refractivity contribution in [3.63, 3.8) is 0 Å². The van der Waals surface area contributed by atoms with E-state index in [1.54, 1.807) is 36.5 Å². The molecule has 5 rings (SSSR count). The molecule has 1 fully saturated rings. The van der Waals surface area contributed by atoms with Crippen LogP contribution in [0.2, 0.25) is 0 Å². The SMILES string of the molecule is N#CC(NC(=O)c1ccccc1)c1ccnc(Nc2ccc(OC3CCN(Cc4ccccc4)CC3)cc2)n1. The predicted octanol–water partition coefficient (Wildman–Crippen LogP) is 5.26.